The Bertz CT molecular complexity index is 815. The zero-order chi connectivity index (χ0) is 16.8. The summed E-state index contributed by atoms with van der Waals surface area (Å²) in [6, 6.07) is 15.7. The van der Waals surface area contributed by atoms with Crippen LogP contribution in [0.25, 0.3) is 10.8 Å². The Labute approximate surface area is 145 Å². The molecule has 1 heterocycles. The normalized spacial score (nSPS) is 10.5. The van der Waals surface area contributed by atoms with Crippen molar-refractivity contribution in [2.24, 2.45) is 0 Å². The SMILES string of the molecule is COc1ccc2ccc(OCC(=O)NCCc3cccs3)cc2c1. The molecular weight excluding hydrogens is 322 g/mol. The molecule has 0 bridgehead atoms. The first-order valence-corrected chi connectivity index (χ1v) is 8.62. The van der Waals surface area contributed by atoms with Crippen LogP contribution < -0.4 is 14.8 Å². The van der Waals surface area contributed by atoms with Crippen molar-refractivity contribution in [2.75, 3.05) is 20.3 Å². The minimum absolute atomic E-state index is 0.0138. The molecule has 0 saturated carbocycles. The van der Waals surface area contributed by atoms with Gasteiger partial charge >= 0.3 is 0 Å². The van der Waals surface area contributed by atoms with Crippen molar-refractivity contribution in [1.29, 1.82) is 0 Å². The van der Waals surface area contributed by atoms with E-state index >= 15 is 0 Å². The highest BCUT2D eigenvalue weighted by molar-refractivity contribution is 7.09. The van der Waals surface area contributed by atoms with Gasteiger partial charge in [-0.1, -0.05) is 18.2 Å². The first kappa shape index (κ1) is 16.3. The molecule has 1 aromatic heterocycles. The van der Waals surface area contributed by atoms with E-state index in [1.165, 1.54) is 4.88 Å². The van der Waals surface area contributed by atoms with Crippen molar-refractivity contribution >= 4 is 28.0 Å². The third kappa shape index (κ3) is 4.26. The molecule has 0 aliphatic carbocycles. The van der Waals surface area contributed by atoms with E-state index in [2.05, 4.69) is 11.4 Å². The van der Waals surface area contributed by atoms with Gasteiger partial charge in [0.25, 0.3) is 5.91 Å². The van der Waals surface area contributed by atoms with Crippen molar-refractivity contribution in [3.8, 4) is 11.5 Å². The maximum Gasteiger partial charge on any atom is 0.257 e. The molecule has 4 nitrogen and oxygen atoms in total. The second kappa shape index (κ2) is 7.84. The molecule has 0 aliphatic heterocycles. The van der Waals surface area contributed by atoms with Gasteiger partial charge < -0.3 is 14.8 Å². The number of hydrogen-bond acceptors (Lipinski definition) is 4. The lowest BCUT2D eigenvalue weighted by Gasteiger charge is -2.09. The van der Waals surface area contributed by atoms with Crippen LogP contribution in [0, 0.1) is 0 Å². The molecule has 0 spiro atoms. The largest absolute Gasteiger partial charge is 0.497 e. The Morgan fingerprint density at radius 1 is 1.08 bits per heavy atom. The Balaban J connectivity index is 1.51. The zero-order valence-electron chi connectivity index (χ0n) is 13.5. The van der Waals surface area contributed by atoms with Gasteiger partial charge in [-0.2, -0.15) is 0 Å². The molecule has 0 radical (unpaired) electrons. The van der Waals surface area contributed by atoms with Crippen molar-refractivity contribution in [1.82, 2.24) is 5.32 Å². The van der Waals surface area contributed by atoms with Gasteiger partial charge in [-0.3, -0.25) is 4.79 Å². The number of carbonyl (C=O) groups is 1. The molecule has 3 rings (SSSR count). The van der Waals surface area contributed by atoms with Crippen molar-refractivity contribution in [3.05, 3.63) is 58.8 Å². The lowest BCUT2D eigenvalue weighted by Crippen LogP contribution is -2.30. The maximum absolute atomic E-state index is 11.9. The number of thiophene rings is 1. The zero-order valence-corrected chi connectivity index (χ0v) is 14.3. The second-order valence-corrected chi connectivity index (χ2v) is 6.38. The van der Waals surface area contributed by atoms with Crippen LogP contribution in [0.5, 0.6) is 11.5 Å². The molecule has 0 unspecified atom stereocenters. The first-order valence-electron chi connectivity index (χ1n) is 7.74. The Kier molecular flexibility index (Phi) is 5.33. The van der Waals surface area contributed by atoms with E-state index in [1.54, 1.807) is 18.4 Å². The minimum Gasteiger partial charge on any atom is -0.497 e. The summed E-state index contributed by atoms with van der Waals surface area (Å²) in [5, 5.41) is 7.03. The number of nitrogens with one attached hydrogen (secondary N) is 1. The van der Waals surface area contributed by atoms with Crippen LogP contribution in [0.15, 0.2) is 53.9 Å². The summed E-state index contributed by atoms with van der Waals surface area (Å²) in [6.07, 6.45) is 0.846. The van der Waals surface area contributed by atoms with Gasteiger partial charge in [0.05, 0.1) is 7.11 Å². The average molecular weight is 341 g/mol. The van der Waals surface area contributed by atoms with E-state index in [0.29, 0.717) is 12.3 Å². The number of hydrogen-bond donors (Lipinski definition) is 1. The topological polar surface area (TPSA) is 47.6 Å². The molecule has 3 aromatic rings. The highest BCUT2D eigenvalue weighted by Gasteiger charge is 2.04. The van der Waals surface area contributed by atoms with Crippen molar-refractivity contribution < 1.29 is 14.3 Å². The van der Waals surface area contributed by atoms with Crippen molar-refractivity contribution in [3.63, 3.8) is 0 Å². The number of amides is 1. The van der Waals surface area contributed by atoms with E-state index in [-0.39, 0.29) is 12.5 Å². The highest BCUT2D eigenvalue weighted by atomic mass is 32.1. The number of rotatable bonds is 7. The summed E-state index contributed by atoms with van der Waals surface area (Å²) in [5.74, 6) is 1.35. The van der Waals surface area contributed by atoms with Gasteiger partial charge in [0.2, 0.25) is 0 Å². The predicted octanol–water partition coefficient (Wildman–Crippen LogP) is 3.65. The fourth-order valence-electron chi connectivity index (χ4n) is 2.40. The molecule has 5 heteroatoms. The number of carbonyl (C=O) groups excluding carboxylic acids is 1. The highest BCUT2D eigenvalue weighted by Crippen LogP contribution is 2.24. The first-order chi connectivity index (χ1) is 11.7. The number of fused-ring (bicyclic) bond motifs is 1. The Morgan fingerprint density at radius 2 is 1.88 bits per heavy atom. The lowest BCUT2D eigenvalue weighted by molar-refractivity contribution is -0.123. The summed E-state index contributed by atoms with van der Waals surface area (Å²) in [4.78, 5) is 13.1. The lowest BCUT2D eigenvalue weighted by atomic mass is 10.1. The summed E-state index contributed by atoms with van der Waals surface area (Å²) in [7, 11) is 1.64. The minimum atomic E-state index is -0.114. The van der Waals surface area contributed by atoms with Crippen LogP contribution in [-0.4, -0.2) is 26.2 Å². The van der Waals surface area contributed by atoms with Crippen LogP contribution in [0.2, 0.25) is 0 Å². The number of ether oxygens (including phenoxy) is 2. The van der Waals surface area contributed by atoms with E-state index in [1.807, 2.05) is 47.8 Å². The summed E-state index contributed by atoms with van der Waals surface area (Å²) < 4.78 is 10.8. The monoisotopic (exact) mass is 341 g/mol. The Hall–Kier alpha value is -2.53. The van der Waals surface area contributed by atoms with Crippen LogP contribution in [0.4, 0.5) is 0 Å². The van der Waals surface area contributed by atoms with Gasteiger partial charge in [0.15, 0.2) is 6.61 Å². The summed E-state index contributed by atoms with van der Waals surface area (Å²) in [6.45, 7) is 0.636. The van der Waals surface area contributed by atoms with Gasteiger partial charge in [0.1, 0.15) is 11.5 Å². The Morgan fingerprint density at radius 3 is 2.62 bits per heavy atom. The van der Waals surface area contributed by atoms with E-state index in [9.17, 15) is 4.79 Å². The van der Waals surface area contributed by atoms with Crippen LogP contribution in [0.3, 0.4) is 0 Å². The molecular formula is C19H19NO3S. The molecule has 0 fully saturated rings. The maximum atomic E-state index is 11.9. The average Bonchev–Trinajstić information content (AvgIpc) is 3.12. The summed E-state index contributed by atoms with van der Waals surface area (Å²) >= 11 is 1.70. The van der Waals surface area contributed by atoms with Gasteiger partial charge in [-0.15, -0.1) is 11.3 Å². The number of benzene rings is 2. The van der Waals surface area contributed by atoms with Gasteiger partial charge in [-0.25, -0.2) is 0 Å². The molecule has 1 N–H and O–H groups in total. The molecule has 1 amide bonds. The van der Waals surface area contributed by atoms with E-state index in [0.717, 1.165) is 22.9 Å². The fourth-order valence-corrected chi connectivity index (χ4v) is 3.11. The summed E-state index contributed by atoms with van der Waals surface area (Å²) in [5.41, 5.74) is 0. The predicted molar refractivity (Wildman–Crippen MR) is 97.0 cm³/mol. The van der Waals surface area contributed by atoms with Crippen LogP contribution in [0.1, 0.15) is 4.88 Å². The molecule has 0 aliphatic rings. The van der Waals surface area contributed by atoms with Gasteiger partial charge in [0, 0.05) is 11.4 Å². The molecule has 0 saturated heterocycles. The fraction of sp³-hybridized carbons (Fsp3) is 0.211. The smallest absolute Gasteiger partial charge is 0.257 e. The quantitative estimate of drug-likeness (QED) is 0.714. The van der Waals surface area contributed by atoms with E-state index < -0.39 is 0 Å². The third-order valence-electron chi connectivity index (χ3n) is 3.66. The van der Waals surface area contributed by atoms with Gasteiger partial charge in [-0.05, 0) is 52.9 Å². The standard InChI is InChI=1S/C19H19NO3S/c1-22-16-6-4-14-5-7-17(12-15(14)11-16)23-13-19(21)20-9-8-18-3-2-10-24-18/h2-7,10-12H,8-9,13H2,1H3,(H,20,21). The third-order valence-corrected chi connectivity index (χ3v) is 4.60. The molecule has 24 heavy (non-hydrogen) atoms. The van der Waals surface area contributed by atoms with E-state index in [4.69, 9.17) is 9.47 Å². The van der Waals surface area contributed by atoms with Crippen LogP contribution in [-0.2, 0) is 11.2 Å². The molecule has 124 valence electrons. The number of methoxy groups -OCH3 is 1. The molecule has 0 atom stereocenters. The van der Waals surface area contributed by atoms with Crippen LogP contribution >= 0.6 is 11.3 Å². The van der Waals surface area contributed by atoms with Crippen molar-refractivity contribution in [2.45, 2.75) is 6.42 Å². The molecule has 2 aromatic carbocycles. The second-order valence-electron chi connectivity index (χ2n) is 5.34.